The zero-order valence-electron chi connectivity index (χ0n) is 24.3. The molecule has 13 nitrogen and oxygen atoms in total. The molecule has 0 saturated heterocycles. The molecular weight excluding hydrogens is 614 g/mol. The van der Waals surface area contributed by atoms with E-state index in [0.717, 1.165) is 25.7 Å². The highest BCUT2D eigenvalue weighted by Gasteiger charge is 2.64. The Labute approximate surface area is 249 Å². The minimum Gasteiger partial charge on any atom is -0.355 e. The maximum Gasteiger partial charge on any atom is 0.397 e. The maximum atomic E-state index is 12.3. The Morgan fingerprint density at radius 1 is 0.881 bits per heavy atom. The van der Waals surface area contributed by atoms with Gasteiger partial charge in [0.1, 0.15) is 0 Å². The van der Waals surface area contributed by atoms with Crippen molar-refractivity contribution in [3.05, 3.63) is 0 Å². The molecule has 0 aliphatic heterocycles. The van der Waals surface area contributed by atoms with Gasteiger partial charge in [0.2, 0.25) is 5.91 Å². The summed E-state index contributed by atoms with van der Waals surface area (Å²) in [4.78, 5) is 12.3. The van der Waals surface area contributed by atoms with Crippen molar-refractivity contribution in [1.29, 1.82) is 0 Å². The van der Waals surface area contributed by atoms with Crippen LogP contribution in [0.25, 0.3) is 0 Å². The van der Waals surface area contributed by atoms with Gasteiger partial charge in [-0.2, -0.15) is 25.3 Å². The van der Waals surface area contributed by atoms with Gasteiger partial charge in [-0.3, -0.25) is 18.5 Å². The minimum absolute atomic E-state index is 0.0930. The molecule has 4 fully saturated rings. The van der Waals surface area contributed by atoms with Crippen LogP contribution < -0.4 is 5.32 Å². The summed E-state index contributed by atoms with van der Waals surface area (Å²) in [5.41, 5.74) is -0.356. The maximum absolute atomic E-state index is 12.3. The predicted molar refractivity (Wildman–Crippen MR) is 151 cm³/mol. The average molecular weight is 660 g/mol. The van der Waals surface area contributed by atoms with Crippen LogP contribution in [0, 0.1) is 46.3 Å². The molecule has 4 rings (SSSR count). The molecule has 0 radical (unpaired) electrons. The first-order valence-electron chi connectivity index (χ1n) is 14.7. The summed E-state index contributed by atoms with van der Waals surface area (Å²) in [7, 11) is -13.5. The van der Waals surface area contributed by atoms with Gasteiger partial charge in [-0.05, 0) is 104 Å². The van der Waals surface area contributed by atoms with Crippen molar-refractivity contribution in [1.82, 2.24) is 5.32 Å². The van der Waals surface area contributed by atoms with Crippen molar-refractivity contribution >= 4 is 36.8 Å². The molecule has 16 heteroatoms. The van der Waals surface area contributed by atoms with Crippen LogP contribution in [0.1, 0.15) is 85.0 Å². The number of hydrogen-bond donors (Lipinski definition) is 4. The van der Waals surface area contributed by atoms with Crippen LogP contribution in [0.5, 0.6) is 0 Å². The van der Waals surface area contributed by atoms with E-state index in [0.29, 0.717) is 32.1 Å². The van der Waals surface area contributed by atoms with Crippen molar-refractivity contribution in [3.63, 3.8) is 0 Å². The smallest absolute Gasteiger partial charge is 0.355 e. The molecule has 0 aromatic rings. The zero-order chi connectivity index (χ0) is 31.3. The van der Waals surface area contributed by atoms with Crippen LogP contribution >= 0.6 is 0 Å². The van der Waals surface area contributed by atoms with Crippen molar-refractivity contribution in [2.45, 2.75) is 97.2 Å². The van der Waals surface area contributed by atoms with Crippen LogP contribution in [0.15, 0.2) is 0 Å². The SMILES string of the molecule is C[C@H](CCC(=O)NCCS(=O)(=O)O)[C@H]1CC[C@H]2[C@@H]3C(OS(=O)(=O)O)C[C@@H]4CC(OS(=O)(=O)O)CC[C@]4(C)[C@H]3CC[C@]12C. The predicted octanol–water partition coefficient (Wildman–Crippen LogP) is 3.05. The highest BCUT2D eigenvalue weighted by Crippen LogP contribution is 2.69. The van der Waals surface area contributed by atoms with Crippen LogP contribution in [0.3, 0.4) is 0 Å². The lowest BCUT2D eigenvalue weighted by molar-refractivity contribution is -0.166. The second kappa shape index (κ2) is 12.1. The Hall–Kier alpha value is -0.880. The molecule has 10 atom stereocenters. The second-order valence-electron chi connectivity index (χ2n) is 13.6. The van der Waals surface area contributed by atoms with E-state index in [2.05, 4.69) is 26.1 Å². The van der Waals surface area contributed by atoms with Crippen molar-refractivity contribution in [2.24, 2.45) is 46.3 Å². The molecule has 1 amide bonds. The fourth-order valence-corrected chi connectivity index (χ4v) is 11.0. The lowest BCUT2D eigenvalue weighted by Crippen LogP contribution is -2.59. The summed E-state index contributed by atoms with van der Waals surface area (Å²) in [5.74, 6) is -0.415. The number of amides is 1. The van der Waals surface area contributed by atoms with E-state index >= 15 is 0 Å². The van der Waals surface area contributed by atoms with Gasteiger partial charge in [0.05, 0.1) is 18.0 Å². The number of rotatable bonds is 11. The molecular formula is C26H45NO12S3. The molecule has 0 heterocycles. The molecule has 4 saturated carbocycles. The quantitative estimate of drug-likeness (QED) is 0.236. The van der Waals surface area contributed by atoms with Crippen LogP contribution in [-0.4, -0.2) is 69.3 Å². The Kier molecular flexibility index (Phi) is 9.83. The number of fused-ring (bicyclic) bond motifs is 5. The van der Waals surface area contributed by atoms with Crippen LogP contribution in [0.4, 0.5) is 0 Å². The van der Waals surface area contributed by atoms with Crippen LogP contribution in [-0.2, 0) is 44.1 Å². The standard InChI is InChI=1S/C26H45NO12S3/c1-16(4-7-23(28)27-12-13-40(29,30)31)19-5-6-20-24-21(9-11-26(19,20)3)25(2)10-8-18(38-41(32,33)34)14-17(25)15-22(24)39-42(35,36)37/h16-22,24H,4-15H2,1-3H3,(H,27,28)(H,29,30,31)(H,32,33,34)(H,35,36,37)/t16-,17+,18?,19-,20+,21+,22?,24+,25+,26-/m1/s1. The largest absolute Gasteiger partial charge is 0.397 e. The Morgan fingerprint density at radius 3 is 2.12 bits per heavy atom. The molecule has 0 aromatic carbocycles. The molecule has 0 bridgehead atoms. The summed E-state index contributed by atoms with van der Waals surface area (Å²) in [6.07, 6.45) is 4.57. The third kappa shape index (κ3) is 7.66. The normalized spacial score (nSPS) is 39.5. The van der Waals surface area contributed by atoms with E-state index in [-0.39, 0.29) is 65.2 Å². The van der Waals surface area contributed by atoms with Gasteiger partial charge in [-0.1, -0.05) is 20.8 Å². The van der Waals surface area contributed by atoms with Crippen molar-refractivity contribution < 1.29 is 52.1 Å². The molecule has 4 aliphatic rings. The molecule has 244 valence electrons. The molecule has 2 unspecified atom stereocenters. The first-order valence-corrected chi connectivity index (χ1v) is 19.1. The first-order chi connectivity index (χ1) is 19.2. The van der Waals surface area contributed by atoms with E-state index in [9.17, 15) is 39.2 Å². The third-order valence-electron chi connectivity index (χ3n) is 11.4. The summed E-state index contributed by atoms with van der Waals surface area (Å²) < 4.78 is 107. The Balaban J connectivity index is 1.50. The van der Waals surface area contributed by atoms with E-state index in [1.165, 1.54) is 0 Å². The van der Waals surface area contributed by atoms with Crippen LogP contribution in [0.2, 0.25) is 0 Å². The fraction of sp³-hybridized carbons (Fsp3) is 0.962. The Bertz CT molecular complexity index is 1340. The summed E-state index contributed by atoms with van der Waals surface area (Å²) >= 11 is 0. The number of carbonyl (C=O) groups is 1. The highest BCUT2D eigenvalue weighted by molar-refractivity contribution is 7.85. The van der Waals surface area contributed by atoms with Crippen molar-refractivity contribution in [2.75, 3.05) is 12.3 Å². The van der Waals surface area contributed by atoms with Gasteiger partial charge in [0.15, 0.2) is 0 Å². The van der Waals surface area contributed by atoms with Gasteiger partial charge in [0.25, 0.3) is 10.1 Å². The van der Waals surface area contributed by atoms with E-state index in [1.54, 1.807) is 0 Å². The first kappa shape index (κ1) is 34.0. The van der Waals surface area contributed by atoms with Crippen molar-refractivity contribution in [3.8, 4) is 0 Å². The van der Waals surface area contributed by atoms with E-state index in [1.807, 2.05) is 0 Å². The van der Waals surface area contributed by atoms with E-state index < -0.39 is 48.9 Å². The van der Waals surface area contributed by atoms with E-state index in [4.69, 9.17) is 12.9 Å². The number of carbonyl (C=O) groups excluding carboxylic acids is 1. The van der Waals surface area contributed by atoms with Gasteiger partial charge in [-0.25, -0.2) is 8.37 Å². The highest BCUT2D eigenvalue weighted by atomic mass is 32.3. The number of hydrogen-bond acceptors (Lipinski definition) is 9. The van der Waals surface area contributed by atoms with Gasteiger partial charge < -0.3 is 5.32 Å². The van der Waals surface area contributed by atoms with Gasteiger partial charge in [0, 0.05) is 13.0 Å². The average Bonchev–Trinajstić information content (AvgIpc) is 3.18. The minimum atomic E-state index is -4.75. The number of nitrogens with one attached hydrogen (secondary N) is 1. The summed E-state index contributed by atoms with van der Waals surface area (Å²) in [5, 5.41) is 2.53. The molecule has 4 aliphatic carbocycles. The fourth-order valence-electron chi connectivity index (χ4n) is 9.62. The van der Waals surface area contributed by atoms with Gasteiger partial charge >= 0.3 is 20.8 Å². The molecule has 0 spiro atoms. The van der Waals surface area contributed by atoms with Gasteiger partial charge in [-0.15, -0.1) is 0 Å². The Morgan fingerprint density at radius 2 is 1.50 bits per heavy atom. The summed E-state index contributed by atoms with van der Waals surface area (Å²) in [6.45, 7) is 6.37. The molecule has 0 aromatic heterocycles. The zero-order valence-corrected chi connectivity index (χ0v) is 26.8. The lowest BCUT2D eigenvalue weighted by atomic mass is 9.43. The lowest BCUT2D eigenvalue weighted by Gasteiger charge is -2.62. The third-order valence-corrected chi connectivity index (χ3v) is 13.1. The summed E-state index contributed by atoms with van der Waals surface area (Å²) in [6, 6.07) is 0. The monoisotopic (exact) mass is 659 g/mol. The molecule has 4 N–H and O–H groups in total. The molecule has 42 heavy (non-hydrogen) atoms. The topological polar surface area (TPSA) is 211 Å². The second-order valence-corrected chi connectivity index (χ2v) is 17.3.